The summed E-state index contributed by atoms with van der Waals surface area (Å²) in [5, 5.41) is 24.5. The molecule has 0 saturated carbocycles. The minimum absolute atomic E-state index is 0. The minimum atomic E-state index is -5.26. The van der Waals surface area contributed by atoms with Crippen LogP contribution >= 0.6 is 14.5 Å². The molecule has 31 heavy (non-hydrogen) atoms. The minimum Gasteiger partial charge on any atom is -0.851 e. The molecule has 1 aliphatic heterocycles. The molecule has 5 atom stereocenters. The third-order valence-corrected chi connectivity index (χ3v) is 6.33. The van der Waals surface area contributed by atoms with Crippen molar-refractivity contribution in [3.8, 4) is 0 Å². The Morgan fingerprint density at radius 2 is 1.94 bits per heavy atom. The van der Waals surface area contributed by atoms with Crippen LogP contribution < -0.4 is 83.0 Å². The molecule has 0 spiro atoms. The molecule has 1 saturated heterocycles. The Morgan fingerprint density at radius 1 is 1.32 bits per heavy atom. The Labute approximate surface area is 215 Å². The monoisotopic (exact) mass is 477 g/mol. The predicted octanol–water partition coefficient (Wildman–Crippen LogP) is -13.2. The van der Waals surface area contributed by atoms with Gasteiger partial charge in [-0.05, 0) is 11.8 Å². The summed E-state index contributed by atoms with van der Waals surface area (Å²) in [6.45, 7) is -5.52. The number of ether oxygens (including phenoxy) is 1. The van der Waals surface area contributed by atoms with Gasteiger partial charge in [-0.3, -0.25) is 18.9 Å². The number of fused-ring (bicyclic) bond motifs is 1. The number of hydrogen-bond acceptors (Lipinski definition) is 12. The molecule has 0 aromatic carbocycles. The van der Waals surface area contributed by atoms with Crippen molar-refractivity contribution in [3.63, 3.8) is 0 Å². The van der Waals surface area contributed by atoms with E-state index >= 15 is 0 Å². The van der Waals surface area contributed by atoms with Crippen LogP contribution in [-0.2, 0) is 29.9 Å². The second-order valence-corrected chi connectivity index (χ2v) is 9.80. The van der Waals surface area contributed by atoms with Gasteiger partial charge in [0.25, 0.3) is 13.4 Å². The molecular weight excluding hydrogens is 465 g/mol. The number of imidazole rings is 1. The molecule has 2 aromatic heterocycles. The van der Waals surface area contributed by atoms with Crippen LogP contribution in [0.5, 0.6) is 0 Å². The SMILES string of the molecule is Nc1nc2c(ncn2[C@@H]2O[C@H](COP(=O)([O-])OP(O)(O)=S)[C@@H]([O-])[C@H]2[O-])c(=O)[nH]1.[Li+].[Li+].[Li+]. The van der Waals surface area contributed by atoms with E-state index in [-0.39, 0.29) is 73.7 Å². The first kappa shape index (κ1) is 31.5. The molecule has 0 aliphatic carbocycles. The number of aromatic amines is 1. The molecule has 3 heterocycles. The number of phosphoric acid groups is 1. The van der Waals surface area contributed by atoms with E-state index in [2.05, 4.69) is 35.6 Å². The summed E-state index contributed by atoms with van der Waals surface area (Å²) in [7, 11) is -5.26. The number of nitrogens with zero attached hydrogens (tertiary/aromatic N) is 3. The van der Waals surface area contributed by atoms with Crippen LogP contribution in [0.2, 0.25) is 0 Å². The molecule has 5 N–H and O–H groups in total. The van der Waals surface area contributed by atoms with Crippen molar-refractivity contribution in [2.75, 3.05) is 12.3 Å². The largest absolute Gasteiger partial charge is 1.00 e. The van der Waals surface area contributed by atoms with E-state index < -0.39 is 51.2 Å². The third kappa shape index (κ3) is 7.49. The summed E-state index contributed by atoms with van der Waals surface area (Å²) in [5.74, 6) is -0.258. The van der Waals surface area contributed by atoms with Crippen LogP contribution in [-0.4, -0.2) is 54.2 Å². The summed E-state index contributed by atoms with van der Waals surface area (Å²) >= 11 is 4.01. The summed E-state index contributed by atoms with van der Waals surface area (Å²) in [5.41, 5.74) is 4.52. The second kappa shape index (κ2) is 11.8. The van der Waals surface area contributed by atoms with Gasteiger partial charge < -0.3 is 39.9 Å². The zero-order valence-corrected chi connectivity index (χ0v) is 19.1. The average molecular weight is 477 g/mol. The molecule has 156 valence electrons. The number of phosphoric ester groups is 1. The van der Waals surface area contributed by atoms with Gasteiger partial charge in [0.1, 0.15) is 6.23 Å². The van der Waals surface area contributed by atoms with Crippen molar-refractivity contribution >= 4 is 43.5 Å². The van der Waals surface area contributed by atoms with E-state index in [0.717, 1.165) is 10.9 Å². The fourth-order valence-corrected chi connectivity index (χ4v) is 4.81. The van der Waals surface area contributed by atoms with Gasteiger partial charge in [0.05, 0.1) is 19.0 Å². The van der Waals surface area contributed by atoms with Gasteiger partial charge in [-0.15, -0.1) is 6.10 Å². The molecule has 0 amide bonds. The van der Waals surface area contributed by atoms with Crippen molar-refractivity contribution in [2.45, 2.75) is 24.5 Å². The number of nitrogen functional groups attached to an aromatic ring is 1. The third-order valence-electron chi connectivity index (χ3n) is 3.61. The Bertz CT molecular complexity index is 1050. The van der Waals surface area contributed by atoms with Crippen LogP contribution in [0.25, 0.3) is 11.2 Å². The first-order valence-corrected chi connectivity index (χ1v) is 11.4. The first-order valence-electron chi connectivity index (χ1n) is 7.30. The quantitative estimate of drug-likeness (QED) is 0.223. The van der Waals surface area contributed by atoms with E-state index in [9.17, 15) is 24.5 Å². The van der Waals surface area contributed by atoms with E-state index in [0.29, 0.717) is 0 Å². The van der Waals surface area contributed by atoms with Crippen molar-refractivity contribution < 1.29 is 99.6 Å². The maximum atomic E-state index is 12.3. The normalized spacial score (nSPS) is 25.2. The standard InChI is InChI=1S/C10H13N5O10P2S.3Li/c11-10-13-7-4(8(18)14-10)12-2-15(7)9-6(17)5(16)3(24-9)1-23-26(19,20)25-27(21,22)28;;;/h2-3,5-6,9H,1H2,(H,19,20)(H2,21,22,28)(H3,11,13,14,18);;;/q-2;3*+1/p-1/t3-,5-,6-,9-;;;/m1.../s1. The molecule has 15 nitrogen and oxygen atoms in total. The molecule has 1 fully saturated rings. The number of anilines is 1. The summed E-state index contributed by atoms with van der Waals surface area (Å²) in [4.78, 5) is 50.8. The average Bonchev–Trinajstić information content (AvgIpc) is 3.06. The molecule has 1 aliphatic rings. The Morgan fingerprint density at radius 3 is 2.52 bits per heavy atom. The molecule has 0 bridgehead atoms. The molecule has 3 rings (SSSR count). The second-order valence-electron chi connectivity index (χ2n) is 5.58. The van der Waals surface area contributed by atoms with Crippen LogP contribution in [0, 0.1) is 0 Å². The molecular formula is C10H12Li3N5O10P2S. The number of hydrogen-bond donors (Lipinski definition) is 4. The molecule has 0 radical (unpaired) electrons. The van der Waals surface area contributed by atoms with E-state index in [1.165, 1.54) is 0 Å². The zero-order chi connectivity index (χ0) is 20.9. The summed E-state index contributed by atoms with van der Waals surface area (Å²) in [6, 6.07) is 0. The number of nitrogens with two attached hydrogens (primary N) is 1. The van der Waals surface area contributed by atoms with Gasteiger partial charge in [-0.2, -0.15) is 4.98 Å². The van der Waals surface area contributed by atoms with Crippen molar-refractivity contribution in [1.82, 2.24) is 19.5 Å². The topological polar surface area (TPSA) is 244 Å². The Balaban J connectivity index is 0.00000300. The van der Waals surface area contributed by atoms with Gasteiger partial charge in [0.15, 0.2) is 11.2 Å². The van der Waals surface area contributed by atoms with Gasteiger partial charge in [-0.1, -0.05) is 6.10 Å². The van der Waals surface area contributed by atoms with Gasteiger partial charge in [-0.25, -0.2) is 9.29 Å². The molecule has 1 unspecified atom stereocenters. The molecule has 2 aromatic rings. The van der Waals surface area contributed by atoms with Gasteiger partial charge in [0.2, 0.25) is 5.95 Å². The van der Waals surface area contributed by atoms with Crippen LogP contribution in [0.3, 0.4) is 0 Å². The number of aromatic nitrogens is 4. The van der Waals surface area contributed by atoms with Gasteiger partial charge >= 0.3 is 63.3 Å². The first-order chi connectivity index (χ1) is 12.9. The van der Waals surface area contributed by atoms with Gasteiger partial charge in [0, 0.05) is 0 Å². The van der Waals surface area contributed by atoms with Crippen molar-refractivity contribution in [3.05, 3.63) is 16.7 Å². The Kier molecular flexibility index (Phi) is 12.0. The number of nitrogens with one attached hydrogen (secondary N) is 1. The fraction of sp³-hybridized carbons (Fsp3) is 0.500. The maximum Gasteiger partial charge on any atom is 1.00 e. The summed E-state index contributed by atoms with van der Waals surface area (Å²) < 4.78 is 25.9. The fourth-order valence-electron chi connectivity index (χ4n) is 2.51. The maximum absolute atomic E-state index is 12.3. The van der Waals surface area contributed by atoms with Crippen LogP contribution in [0.1, 0.15) is 6.23 Å². The number of H-pyrrole nitrogens is 1. The van der Waals surface area contributed by atoms with Crippen molar-refractivity contribution in [2.24, 2.45) is 0 Å². The van der Waals surface area contributed by atoms with Crippen molar-refractivity contribution in [1.29, 1.82) is 0 Å². The van der Waals surface area contributed by atoms with E-state index in [4.69, 9.17) is 20.3 Å². The smallest absolute Gasteiger partial charge is 0.851 e. The molecule has 21 heteroatoms. The zero-order valence-electron chi connectivity index (χ0n) is 16.5. The predicted molar refractivity (Wildman–Crippen MR) is 87.4 cm³/mol. The van der Waals surface area contributed by atoms with Crippen LogP contribution in [0.4, 0.5) is 5.95 Å². The number of rotatable bonds is 6. The van der Waals surface area contributed by atoms with E-state index in [1.807, 2.05) is 0 Å². The van der Waals surface area contributed by atoms with E-state index in [1.54, 1.807) is 0 Å². The Hall–Kier alpha value is 0.502. The summed E-state index contributed by atoms with van der Waals surface area (Å²) in [6.07, 6.45) is -5.91. The van der Waals surface area contributed by atoms with Crippen LogP contribution in [0.15, 0.2) is 11.1 Å².